The first-order chi connectivity index (χ1) is 8.60. The molecule has 0 amide bonds. The summed E-state index contributed by atoms with van der Waals surface area (Å²) in [6, 6.07) is 0. The largest absolute Gasteiger partial charge is 0.312 e. The van der Waals surface area contributed by atoms with Gasteiger partial charge in [-0.3, -0.25) is 0 Å². The Morgan fingerprint density at radius 3 is 1.89 bits per heavy atom. The van der Waals surface area contributed by atoms with Gasteiger partial charge in [-0.25, -0.2) is 0 Å². The average Bonchev–Trinajstić information content (AvgIpc) is 2.25. The predicted molar refractivity (Wildman–Crippen MR) is 88.6 cm³/mol. The van der Waals surface area contributed by atoms with Crippen molar-refractivity contribution >= 4 is 0 Å². The number of rotatable bonds is 8. The lowest BCUT2D eigenvalue weighted by atomic mass is 9.74. The Kier molecular flexibility index (Phi) is 8.27. The average molecular weight is 270 g/mol. The zero-order valence-corrected chi connectivity index (χ0v) is 14.9. The van der Waals surface area contributed by atoms with Crippen molar-refractivity contribution in [2.24, 2.45) is 17.3 Å². The summed E-state index contributed by atoms with van der Waals surface area (Å²) in [5, 5.41) is 3.71. The van der Waals surface area contributed by atoms with E-state index in [1.807, 2.05) is 0 Å². The highest BCUT2D eigenvalue weighted by atomic mass is 14.9. The van der Waals surface area contributed by atoms with Crippen LogP contribution in [0, 0.1) is 17.3 Å². The normalized spacial score (nSPS) is 16.4. The van der Waals surface area contributed by atoms with Crippen LogP contribution in [0.25, 0.3) is 0 Å². The molecular formula is C18H39N. The summed E-state index contributed by atoms with van der Waals surface area (Å²) in [5.74, 6) is 1.68. The van der Waals surface area contributed by atoms with Crippen molar-refractivity contribution in [1.82, 2.24) is 5.32 Å². The standard InChI is InChI=1S/C18H39N/c1-9-11-12-15(10-2)13-16(17(3,4)5)14-19-18(6,7)8/h15-16,19H,9-14H2,1-8H3. The van der Waals surface area contributed by atoms with Crippen LogP contribution in [0.5, 0.6) is 0 Å². The summed E-state index contributed by atoms with van der Waals surface area (Å²) in [5.41, 5.74) is 0.631. The Bertz CT molecular complexity index is 219. The van der Waals surface area contributed by atoms with Gasteiger partial charge in [-0.15, -0.1) is 0 Å². The fourth-order valence-electron chi connectivity index (χ4n) is 2.56. The lowest BCUT2D eigenvalue weighted by molar-refractivity contribution is 0.171. The van der Waals surface area contributed by atoms with Gasteiger partial charge >= 0.3 is 0 Å². The number of hydrogen-bond donors (Lipinski definition) is 1. The molecule has 2 atom stereocenters. The molecule has 1 N–H and O–H groups in total. The molecule has 0 saturated carbocycles. The second-order valence-corrected chi connectivity index (χ2v) is 8.35. The summed E-state index contributed by atoms with van der Waals surface area (Å²) in [4.78, 5) is 0. The Morgan fingerprint density at radius 1 is 0.947 bits per heavy atom. The topological polar surface area (TPSA) is 12.0 Å². The van der Waals surface area contributed by atoms with Crippen LogP contribution in [0.3, 0.4) is 0 Å². The predicted octanol–water partition coefficient (Wildman–Crippen LogP) is 5.64. The molecule has 0 aromatic heterocycles. The second-order valence-electron chi connectivity index (χ2n) is 8.35. The van der Waals surface area contributed by atoms with Crippen LogP contribution in [-0.4, -0.2) is 12.1 Å². The van der Waals surface area contributed by atoms with Gasteiger partial charge in [-0.2, -0.15) is 0 Å². The summed E-state index contributed by atoms with van der Waals surface area (Å²) in [6.45, 7) is 19.8. The highest BCUT2D eigenvalue weighted by Crippen LogP contribution is 2.33. The van der Waals surface area contributed by atoms with Gasteiger partial charge in [0.2, 0.25) is 0 Å². The Balaban J connectivity index is 4.49. The Morgan fingerprint density at radius 2 is 1.53 bits per heavy atom. The third-order valence-corrected chi connectivity index (χ3v) is 4.26. The summed E-state index contributed by atoms with van der Waals surface area (Å²) >= 11 is 0. The van der Waals surface area contributed by atoms with Crippen molar-refractivity contribution in [2.45, 2.75) is 93.0 Å². The SMILES string of the molecule is CCCCC(CC)CC(CNC(C)(C)C)C(C)(C)C. The van der Waals surface area contributed by atoms with Crippen LogP contribution in [0.1, 0.15) is 87.5 Å². The molecule has 0 rings (SSSR count). The van der Waals surface area contributed by atoms with Crippen molar-refractivity contribution in [1.29, 1.82) is 0 Å². The first-order valence-electron chi connectivity index (χ1n) is 8.35. The third-order valence-electron chi connectivity index (χ3n) is 4.26. The molecule has 0 heterocycles. The van der Waals surface area contributed by atoms with Gasteiger partial charge in [0.25, 0.3) is 0 Å². The summed E-state index contributed by atoms with van der Waals surface area (Å²) < 4.78 is 0. The molecule has 0 aromatic rings. The maximum Gasteiger partial charge on any atom is 0.00966 e. The molecule has 0 aliphatic heterocycles. The Labute approximate surface area is 122 Å². The third kappa shape index (κ3) is 9.49. The highest BCUT2D eigenvalue weighted by molar-refractivity contribution is 4.81. The fourth-order valence-corrected chi connectivity index (χ4v) is 2.56. The highest BCUT2D eigenvalue weighted by Gasteiger charge is 2.27. The van der Waals surface area contributed by atoms with Gasteiger partial charge in [-0.1, -0.05) is 60.3 Å². The van der Waals surface area contributed by atoms with E-state index in [1.165, 1.54) is 32.1 Å². The molecule has 0 spiro atoms. The van der Waals surface area contributed by atoms with E-state index in [1.54, 1.807) is 0 Å². The molecule has 0 aliphatic carbocycles. The van der Waals surface area contributed by atoms with Crippen molar-refractivity contribution in [2.75, 3.05) is 6.54 Å². The lowest BCUT2D eigenvalue weighted by Gasteiger charge is -2.36. The maximum absolute atomic E-state index is 3.71. The first kappa shape index (κ1) is 19.0. The molecule has 0 saturated heterocycles. The van der Waals surface area contributed by atoms with Crippen LogP contribution >= 0.6 is 0 Å². The first-order valence-corrected chi connectivity index (χ1v) is 8.35. The fraction of sp³-hybridized carbons (Fsp3) is 1.00. The van der Waals surface area contributed by atoms with Crippen LogP contribution in [0.2, 0.25) is 0 Å². The van der Waals surface area contributed by atoms with Crippen molar-refractivity contribution < 1.29 is 0 Å². The minimum atomic E-state index is 0.231. The minimum Gasteiger partial charge on any atom is -0.312 e. The van der Waals surface area contributed by atoms with Crippen molar-refractivity contribution in [3.05, 3.63) is 0 Å². The van der Waals surface area contributed by atoms with E-state index in [0.717, 1.165) is 18.4 Å². The van der Waals surface area contributed by atoms with E-state index in [4.69, 9.17) is 0 Å². The summed E-state index contributed by atoms with van der Waals surface area (Å²) in [7, 11) is 0. The Hall–Kier alpha value is -0.0400. The molecule has 116 valence electrons. The minimum absolute atomic E-state index is 0.231. The van der Waals surface area contributed by atoms with Crippen molar-refractivity contribution in [3.63, 3.8) is 0 Å². The van der Waals surface area contributed by atoms with Gasteiger partial charge < -0.3 is 5.32 Å². The monoisotopic (exact) mass is 269 g/mol. The summed E-state index contributed by atoms with van der Waals surface area (Å²) in [6.07, 6.45) is 6.85. The molecule has 19 heavy (non-hydrogen) atoms. The van der Waals surface area contributed by atoms with Crippen LogP contribution in [-0.2, 0) is 0 Å². The van der Waals surface area contributed by atoms with Gasteiger partial charge in [0, 0.05) is 5.54 Å². The molecule has 2 unspecified atom stereocenters. The molecule has 1 heteroatoms. The van der Waals surface area contributed by atoms with Crippen LogP contribution < -0.4 is 5.32 Å². The van der Waals surface area contributed by atoms with Crippen LogP contribution in [0.15, 0.2) is 0 Å². The zero-order valence-electron chi connectivity index (χ0n) is 14.9. The van der Waals surface area contributed by atoms with Gasteiger partial charge in [0.1, 0.15) is 0 Å². The molecule has 0 bridgehead atoms. The molecule has 0 radical (unpaired) electrons. The van der Waals surface area contributed by atoms with E-state index in [-0.39, 0.29) is 5.54 Å². The molecule has 1 nitrogen and oxygen atoms in total. The van der Waals surface area contributed by atoms with Gasteiger partial charge in [0.15, 0.2) is 0 Å². The van der Waals surface area contributed by atoms with E-state index < -0.39 is 0 Å². The van der Waals surface area contributed by atoms with Gasteiger partial charge in [-0.05, 0) is 51.0 Å². The van der Waals surface area contributed by atoms with E-state index in [2.05, 4.69) is 60.7 Å². The maximum atomic E-state index is 3.71. The van der Waals surface area contributed by atoms with Crippen LogP contribution in [0.4, 0.5) is 0 Å². The molecular weight excluding hydrogens is 230 g/mol. The quantitative estimate of drug-likeness (QED) is 0.601. The van der Waals surface area contributed by atoms with Gasteiger partial charge in [0.05, 0.1) is 0 Å². The molecule has 0 fully saturated rings. The molecule has 0 aliphatic rings. The number of unbranched alkanes of at least 4 members (excludes halogenated alkanes) is 1. The second kappa shape index (κ2) is 8.29. The number of nitrogens with one attached hydrogen (secondary N) is 1. The van der Waals surface area contributed by atoms with E-state index in [9.17, 15) is 0 Å². The van der Waals surface area contributed by atoms with E-state index >= 15 is 0 Å². The smallest absolute Gasteiger partial charge is 0.00966 e. The van der Waals surface area contributed by atoms with Crippen molar-refractivity contribution in [3.8, 4) is 0 Å². The number of hydrogen-bond acceptors (Lipinski definition) is 1. The lowest BCUT2D eigenvalue weighted by Crippen LogP contribution is -2.42. The zero-order chi connectivity index (χ0) is 15.1. The van der Waals surface area contributed by atoms with E-state index in [0.29, 0.717) is 5.41 Å². The molecule has 0 aromatic carbocycles.